The first-order chi connectivity index (χ1) is 15.6. The summed E-state index contributed by atoms with van der Waals surface area (Å²) in [6.07, 6.45) is 0. The van der Waals surface area contributed by atoms with E-state index < -0.39 is 25.1 Å². The molecular formula is C25H21N3O4. The highest BCUT2D eigenvalue weighted by Crippen LogP contribution is 2.30. The number of hydrogen-bond donors (Lipinski definition) is 1. The molecule has 0 saturated heterocycles. The number of para-hydroxylation sites is 2. The van der Waals surface area contributed by atoms with E-state index in [0.29, 0.717) is 11.3 Å². The fourth-order valence-electron chi connectivity index (χ4n) is 3.68. The molecule has 0 aliphatic carbocycles. The number of aromatic nitrogens is 1. The van der Waals surface area contributed by atoms with Crippen molar-refractivity contribution in [1.82, 2.24) is 4.57 Å². The number of rotatable bonds is 7. The van der Waals surface area contributed by atoms with Crippen LogP contribution in [-0.2, 0) is 20.9 Å². The first kappa shape index (κ1) is 20.9. The van der Waals surface area contributed by atoms with E-state index in [1.807, 2.05) is 36.4 Å². The maximum Gasteiger partial charge on any atom is 0.344 e. The fraction of sp³-hybridized carbons (Fsp3) is 0.160. The summed E-state index contributed by atoms with van der Waals surface area (Å²) in [7, 11) is 0. The van der Waals surface area contributed by atoms with Gasteiger partial charge in [0.15, 0.2) is 13.2 Å². The molecule has 1 N–H and O–H groups in total. The Morgan fingerprint density at radius 1 is 0.969 bits per heavy atom. The lowest BCUT2D eigenvalue weighted by Gasteiger charge is -2.09. The number of benzene rings is 3. The van der Waals surface area contributed by atoms with Gasteiger partial charge in [-0.15, -0.1) is 0 Å². The van der Waals surface area contributed by atoms with Crippen LogP contribution in [-0.4, -0.2) is 29.7 Å². The van der Waals surface area contributed by atoms with Gasteiger partial charge in [0.1, 0.15) is 11.8 Å². The lowest BCUT2D eigenvalue weighted by Crippen LogP contribution is -2.23. The normalized spacial score (nSPS) is 10.6. The van der Waals surface area contributed by atoms with Gasteiger partial charge >= 0.3 is 5.97 Å². The largest absolute Gasteiger partial charge is 0.481 e. The number of hydrogen-bond acceptors (Lipinski definition) is 5. The number of nitrogens with one attached hydrogen (secondary N) is 1. The van der Waals surface area contributed by atoms with E-state index in [9.17, 15) is 9.59 Å². The molecule has 0 radical (unpaired) electrons. The van der Waals surface area contributed by atoms with Crippen molar-refractivity contribution in [3.63, 3.8) is 0 Å². The minimum Gasteiger partial charge on any atom is -0.481 e. The monoisotopic (exact) mass is 427 g/mol. The summed E-state index contributed by atoms with van der Waals surface area (Å²) in [4.78, 5) is 24.2. The number of nitrogens with zero attached hydrogens (tertiary/aromatic N) is 2. The molecular weight excluding hydrogens is 406 g/mol. The Bertz CT molecular complexity index is 1350. The van der Waals surface area contributed by atoms with Gasteiger partial charge in [0.25, 0.3) is 5.91 Å². The topological polar surface area (TPSA) is 93.3 Å². The second kappa shape index (κ2) is 9.23. The van der Waals surface area contributed by atoms with Crippen molar-refractivity contribution in [3.05, 3.63) is 72.3 Å². The Morgan fingerprint density at radius 2 is 1.72 bits per heavy atom. The highest BCUT2D eigenvalue weighted by molar-refractivity contribution is 6.09. The van der Waals surface area contributed by atoms with E-state index >= 15 is 0 Å². The summed E-state index contributed by atoms with van der Waals surface area (Å²) in [6, 6.07) is 22.4. The maximum atomic E-state index is 12.3. The smallest absolute Gasteiger partial charge is 0.344 e. The van der Waals surface area contributed by atoms with Gasteiger partial charge < -0.3 is 19.4 Å². The molecule has 0 bridgehead atoms. The van der Waals surface area contributed by atoms with E-state index in [-0.39, 0.29) is 5.75 Å². The quantitative estimate of drug-likeness (QED) is 0.445. The van der Waals surface area contributed by atoms with Crippen molar-refractivity contribution in [1.29, 1.82) is 5.26 Å². The number of carbonyl (C=O) groups is 2. The van der Waals surface area contributed by atoms with Gasteiger partial charge in [-0.3, -0.25) is 4.79 Å². The summed E-state index contributed by atoms with van der Waals surface area (Å²) in [5, 5.41) is 14.0. The Labute approximate surface area is 184 Å². The number of carbonyl (C=O) groups excluding carboxylic acids is 2. The van der Waals surface area contributed by atoms with Crippen LogP contribution in [0.15, 0.2) is 66.7 Å². The van der Waals surface area contributed by atoms with E-state index in [1.54, 1.807) is 24.3 Å². The number of esters is 1. The number of nitriles is 1. The number of ether oxygens (including phenoxy) is 2. The molecule has 0 saturated carbocycles. The van der Waals surface area contributed by atoms with Gasteiger partial charge in [0.2, 0.25) is 0 Å². The Morgan fingerprint density at radius 3 is 2.53 bits per heavy atom. The summed E-state index contributed by atoms with van der Waals surface area (Å²) >= 11 is 0. The Kier molecular flexibility index (Phi) is 6.04. The first-order valence-electron chi connectivity index (χ1n) is 10.2. The zero-order chi connectivity index (χ0) is 22.5. The van der Waals surface area contributed by atoms with Crippen molar-refractivity contribution in [3.8, 4) is 11.8 Å². The second-order valence-electron chi connectivity index (χ2n) is 7.10. The molecule has 4 rings (SSSR count). The number of fused-ring (bicyclic) bond motifs is 3. The molecule has 1 aromatic heterocycles. The zero-order valence-electron chi connectivity index (χ0n) is 17.5. The number of amides is 1. The maximum absolute atomic E-state index is 12.3. The molecule has 0 atom stereocenters. The third kappa shape index (κ3) is 4.25. The molecule has 3 aromatic carbocycles. The van der Waals surface area contributed by atoms with Crippen LogP contribution in [0.3, 0.4) is 0 Å². The third-order valence-electron chi connectivity index (χ3n) is 5.09. The van der Waals surface area contributed by atoms with Gasteiger partial charge in [0, 0.05) is 34.0 Å². The van der Waals surface area contributed by atoms with Gasteiger partial charge in [-0.1, -0.05) is 30.3 Å². The predicted octanol–water partition coefficient (Wildman–Crippen LogP) is 4.25. The van der Waals surface area contributed by atoms with Gasteiger partial charge in [0.05, 0.1) is 5.56 Å². The summed E-state index contributed by atoms with van der Waals surface area (Å²) in [5.74, 6) is -0.861. The summed E-state index contributed by atoms with van der Waals surface area (Å²) in [6.45, 7) is 2.11. The Balaban J connectivity index is 1.37. The minimum absolute atomic E-state index is 0.288. The lowest BCUT2D eigenvalue weighted by molar-refractivity contribution is -0.149. The average Bonchev–Trinajstić information content (AvgIpc) is 3.14. The molecule has 1 amide bonds. The standard InChI is InChI=1S/C25H21N3O4/c1-2-28-21-9-5-4-8-19(21)20-13-18(11-12-22(20)28)27-24(29)15-32-25(30)16-31-23-10-6-3-7-17(23)14-26/h3-13H,2,15-16H2,1H3,(H,27,29). The van der Waals surface area contributed by atoms with Crippen molar-refractivity contribution >= 4 is 39.4 Å². The van der Waals surface area contributed by atoms with Crippen molar-refractivity contribution in [2.24, 2.45) is 0 Å². The van der Waals surface area contributed by atoms with Crippen molar-refractivity contribution in [2.75, 3.05) is 18.5 Å². The van der Waals surface area contributed by atoms with Crippen LogP contribution in [0, 0.1) is 11.3 Å². The molecule has 0 fully saturated rings. The molecule has 0 spiro atoms. The molecule has 32 heavy (non-hydrogen) atoms. The van der Waals surface area contributed by atoms with Crippen LogP contribution in [0.1, 0.15) is 12.5 Å². The molecule has 7 nitrogen and oxygen atoms in total. The van der Waals surface area contributed by atoms with Crippen LogP contribution >= 0.6 is 0 Å². The minimum atomic E-state index is -0.700. The van der Waals surface area contributed by atoms with E-state index in [1.165, 1.54) is 0 Å². The molecule has 1 heterocycles. The van der Waals surface area contributed by atoms with Crippen LogP contribution in [0.2, 0.25) is 0 Å². The Hall–Kier alpha value is -4.31. The van der Waals surface area contributed by atoms with Crippen LogP contribution in [0.5, 0.6) is 5.75 Å². The fourth-order valence-corrected chi connectivity index (χ4v) is 3.68. The highest BCUT2D eigenvalue weighted by atomic mass is 16.6. The van der Waals surface area contributed by atoms with Crippen LogP contribution in [0.25, 0.3) is 21.8 Å². The van der Waals surface area contributed by atoms with Crippen LogP contribution < -0.4 is 10.1 Å². The number of anilines is 1. The third-order valence-corrected chi connectivity index (χ3v) is 5.09. The second-order valence-corrected chi connectivity index (χ2v) is 7.10. The SMILES string of the molecule is CCn1c2ccccc2c2cc(NC(=O)COC(=O)COc3ccccc3C#N)ccc21. The van der Waals surface area contributed by atoms with Crippen molar-refractivity contribution < 1.29 is 19.1 Å². The van der Waals surface area contributed by atoms with Crippen molar-refractivity contribution in [2.45, 2.75) is 13.5 Å². The molecule has 7 heteroatoms. The van der Waals surface area contributed by atoms with Gasteiger partial charge in [-0.25, -0.2) is 4.79 Å². The average molecular weight is 427 g/mol. The van der Waals surface area contributed by atoms with E-state index in [4.69, 9.17) is 14.7 Å². The molecule has 4 aromatic rings. The summed E-state index contributed by atoms with van der Waals surface area (Å²) < 4.78 is 12.5. The van der Waals surface area contributed by atoms with Gasteiger partial charge in [-0.2, -0.15) is 5.26 Å². The summed E-state index contributed by atoms with van der Waals surface area (Å²) in [5.41, 5.74) is 3.17. The predicted molar refractivity (Wildman–Crippen MR) is 121 cm³/mol. The lowest BCUT2D eigenvalue weighted by atomic mass is 10.1. The van der Waals surface area contributed by atoms with Crippen LogP contribution in [0.4, 0.5) is 5.69 Å². The first-order valence-corrected chi connectivity index (χ1v) is 10.2. The zero-order valence-corrected chi connectivity index (χ0v) is 17.5. The highest BCUT2D eigenvalue weighted by Gasteiger charge is 2.13. The molecule has 160 valence electrons. The molecule has 0 aliphatic rings. The molecule has 0 aliphatic heterocycles. The number of aryl methyl sites for hydroxylation is 1. The van der Waals surface area contributed by atoms with E-state index in [2.05, 4.69) is 28.9 Å². The van der Waals surface area contributed by atoms with E-state index in [0.717, 1.165) is 28.4 Å². The molecule has 0 unspecified atom stereocenters. The van der Waals surface area contributed by atoms with Gasteiger partial charge in [-0.05, 0) is 43.3 Å².